The van der Waals surface area contributed by atoms with Crippen LogP contribution < -0.4 is 9.47 Å². The van der Waals surface area contributed by atoms with E-state index in [4.69, 9.17) is 9.84 Å². The SMILES string of the molecule is COc1ccc2c(CC(=O)O)c[nH]c2c1-c1ccccc1OC(F)(F)F. The fraction of sp³-hybridized carbons (Fsp3) is 0.167. The molecule has 5 nitrogen and oxygen atoms in total. The highest BCUT2D eigenvalue weighted by Crippen LogP contribution is 2.43. The third kappa shape index (κ3) is 3.44. The number of alkyl halides is 3. The first kappa shape index (κ1) is 17.7. The molecule has 0 aliphatic carbocycles. The Balaban J connectivity index is 2.24. The highest BCUT2D eigenvalue weighted by Gasteiger charge is 2.32. The molecule has 1 heterocycles. The molecule has 1 aromatic heterocycles. The van der Waals surface area contributed by atoms with Crippen molar-refractivity contribution in [1.82, 2.24) is 4.98 Å². The number of carboxylic acid groups (broad SMARTS) is 1. The standard InChI is InChI=1S/C18H14F3NO4/c1-25-14-7-6-11-10(8-15(23)24)9-22-17(11)16(14)12-4-2-3-5-13(12)26-18(19,20)21/h2-7,9,22H,8H2,1H3,(H,23,24). The number of hydrogen-bond donors (Lipinski definition) is 2. The van der Waals surface area contributed by atoms with Gasteiger partial charge in [-0.15, -0.1) is 13.2 Å². The average molecular weight is 365 g/mol. The summed E-state index contributed by atoms with van der Waals surface area (Å²) in [6.45, 7) is 0. The largest absolute Gasteiger partial charge is 0.573 e. The minimum atomic E-state index is -4.85. The first-order valence-corrected chi connectivity index (χ1v) is 7.54. The van der Waals surface area contributed by atoms with E-state index in [9.17, 15) is 18.0 Å². The molecule has 0 radical (unpaired) electrons. The minimum Gasteiger partial charge on any atom is -0.496 e. The summed E-state index contributed by atoms with van der Waals surface area (Å²) in [7, 11) is 1.40. The van der Waals surface area contributed by atoms with Crippen LogP contribution in [0, 0.1) is 0 Å². The Hall–Kier alpha value is -3.16. The zero-order valence-electron chi connectivity index (χ0n) is 13.6. The quantitative estimate of drug-likeness (QED) is 0.704. The fourth-order valence-electron chi connectivity index (χ4n) is 2.87. The van der Waals surface area contributed by atoms with E-state index in [0.717, 1.165) is 0 Å². The molecule has 3 aromatic rings. The summed E-state index contributed by atoms with van der Waals surface area (Å²) in [6.07, 6.45) is -3.54. The lowest BCUT2D eigenvalue weighted by Crippen LogP contribution is -2.17. The number of H-pyrrole nitrogens is 1. The van der Waals surface area contributed by atoms with E-state index in [1.807, 2.05) is 0 Å². The Morgan fingerprint density at radius 3 is 2.54 bits per heavy atom. The van der Waals surface area contributed by atoms with Crippen molar-refractivity contribution in [3.05, 3.63) is 48.2 Å². The molecule has 26 heavy (non-hydrogen) atoms. The molecular weight excluding hydrogens is 351 g/mol. The predicted molar refractivity (Wildman–Crippen MR) is 88.3 cm³/mol. The molecule has 0 saturated heterocycles. The Morgan fingerprint density at radius 2 is 1.88 bits per heavy atom. The van der Waals surface area contributed by atoms with Gasteiger partial charge in [0, 0.05) is 17.1 Å². The van der Waals surface area contributed by atoms with Crippen LogP contribution in [-0.2, 0) is 11.2 Å². The van der Waals surface area contributed by atoms with Gasteiger partial charge >= 0.3 is 12.3 Å². The van der Waals surface area contributed by atoms with Crippen molar-refractivity contribution in [3.8, 4) is 22.6 Å². The van der Waals surface area contributed by atoms with Gasteiger partial charge < -0.3 is 19.6 Å². The van der Waals surface area contributed by atoms with Crippen molar-refractivity contribution in [2.45, 2.75) is 12.8 Å². The van der Waals surface area contributed by atoms with Gasteiger partial charge in [-0.05, 0) is 23.8 Å². The third-order valence-corrected chi connectivity index (χ3v) is 3.85. The summed E-state index contributed by atoms with van der Waals surface area (Å²) in [5.74, 6) is -1.05. The maximum atomic E-state index is 12.8. The van der Waals surface area contributed by atoms with Crippen LogP contribution in [0.25, 0.3) is 22.0 Å². The highest BCUT2D eigenvalue weighted by molar-refractivity contribution is 6.01. The van der Waals surface area contributed by atoms with Gasteiger partial charge in [0.2, 0.25) is 0 Å². The first-order chi connectivity index (χ1) is 12.3. The maximum Gasteiger partial charge on any atom is 0.573 e. The number of ether oxygens (including phenoxy) is 2. The number of benzene rings is 2. The van der Waals surface area contributed by atoms with Crippen molar-refractivity contribution < 1.29 is 32.5 Å². The van der Waals surface area contributed by atoms with E-state index in [0.29, 0.717) is 27.8 Å². The van der Waals surface area contributed by atoms with Crippen molar-refractivity contribution >= 4 is 16.9 Å². The number of aliphatic carboxylic acids is 1. The van der Waals surface area contributed by atoms with E-state index in [1.165, 1.54) is 31.5 Å². The van der Waals surface area contributed by atoms with Gasteiger partial charge in [-0.25, -0.2) is 0 Å². The lowest BCUT2D eigenvalue weighted by Gasteiger charge is -2.16. The number of para-hydroxylation sites is 1. The number of methoxy groups -OCH3 is 1. The van der Waals surface area contributed by atoms with Crippen molar-refractivity contribution in [1.29, 1.82) is 0 Å². The summed E-state index contributed by atoms with van der Waals surface area (Å²) in [6, 6.07) is 8.96. The average Bonchev–Trinajstić information content (AvgIpc) is 2.95. The van der Waals surface area contributed by atoms with Gasteiger partial charge in [0.15, 0.2) is 0 Å². The van der Waals surface area contributed by atoms with Crippen LogP contribution in [0.3, 0.4) is 0 Å². The van der Waals surface area contributed by atoms with Crippen LogP contribution in [0.5, 0.6) is 11.5 Å². The van der Waals surface area contributed by atoms with Gasteiger partial charge in [-0.2, -0.15) is 0 Å². The van der Waals surface area contributed by atoms with Crippen LogP contribution in [0.4, 0.5) is 13.2 Å². The molecule has 0 spiro atoms. The number of fused-ring (bicyclic) bond motifs is 1. The van der Waals surface area contributed by atoms with Crippen molar-refractivity contribution in [2.75, 3.05) is 7.11 Å². The Bertz CT molecular complexity index is 963. The number of aromatic nitrogens is 1. The van der Waals surface area contributed by atoms with E-state index >= 15 is 0 Å². The van der Waals surface area contributed by atoms with E-state index in [1.54, 1.807) is 18.2 Å². The first-order valence-electron chi connectivity index (χ1n) is 7.54. The van der Waals surface area contributed by atoms with E-state index < -0.39 is 12.3 Å². The van der Waals surface area contributed by atoms with Crippen molar-refractivity contribution in [3.63, 3.8) is 0 Å². The molecule has 0 amide bonds. The van der Waals surface area contributed by atoms with Crippen molar-refractivity contribution in [2.24, 2.45) is 0 Å². The van der Waals surface area contributed by atoms with Gasteiger partial charge in [-0.1, -0.05) is 18.2 Å². The maximum absolute atomic E-state index is 12.8. The number of carbonyl (C=O) groups is 1. The second-order valence-electron chi connectivity index (χ2n) is 5.49. The fourth-order valence-corrected chi connectivity index (χ4v) is 2.87. The molecule has 0 unspecified atom stereocenters. The van der Waals surface area contributed by atoms with Gasteiger partial charge in [0.05, 0.1) is 24.6 Å². The Kier molecular flexibility index (Phi) is 4.50. The molecule has 2 aromatic carbocycles. The van der Waals surface area contributed by atoms with E-state index in [-0.39, 0.29) is 17.7 Å². The van der Waals surface area contributed by atoms with Crippen LogP contribution in [0.15, 0.2) is 42.6 Å². The molecule has 136 valence electrons. The third-order valence-electron chi connectivity index (χ3n) is 3.85. The van der Waals surface area contributed by atoms with Crippen LogP contribution in [-0.4, -0.2) is 29.5 Å². The number of nitrogens with one attached hydrogen (secondary N) is 1. The summed E-state index contributed by atoms with van der Waals surface area (Å²) >= 11 is 0. The zero-order chi connectivity index (χ0) is 18.9. The molecule has 0 fully saturated rings. The Labute approximate surface area is 146 Å². The Morgan fingerprint density at radius 1 is 1.15 bits per heavy atom. The van der Waals surface area contributed by atoms with Crippen LogP contribution in [0.2, 0.25) is 0 Å². The number of carboxylic acids is 1. The van der Waals surface area contributed by atoms with Crippen LogP contribution in [0.1, 0.15) is 5.56 Å². The second-order valence-corrected chi connectivity index (χ2v) is 5.49. The molecule has 2 N–H and O–H groups in total. The molecule has 0 saturated carbocycles. The molecule has 0 bridgehead atoms. The molecule has 8 heteroatoms. The summed E-state index contributed by atoms with van der Waals surface area (Å²) in [5, 5.41) is 9.61. The molecular formula is C18H14F3NO4. The molecule has 3 rings (SSSR count). The molecule has 0 aliphatic heterocycles. The van der Waals surface area contributed by atoms with Crippen LogP contribution >= 0.6 is 0 Å². The topological polar surface area (TPSA) is 71.5 Å². The number of aromatic amines is 1. The summed E-state index contributed by atoms with van der Waals surface area (Å²) in [4.78, 5) is 14.0. The van der Waals surface area contributed by atoms with E-state index in [2.05, 4.69) is 9.72 Å². The lowest BCUT2D eigenvalue weighted by molar-refractivity contribution is -0.274. The lowest BCUT2D eigenvalue weighted by atomic mass is 9.99. The summed E-state index contributed by atoms with van der Waals surface area (Å²) < 4.78 is 47.7. The monoisotopic (exact) mass is 365 g/mol. The van der Waals surface area contributed by atoms with Gasteiger partial charge in [-0.3, -0.25) is 4.79 Å². The second kappa shape index (κ2) is 6.62. The minimum absolute atomic E-state index is 0.177. The predicted octanol–water partition coefficient (Wildman–Crippen LogP) is 4.37. The van der Waals surface area contributed by atoms with Gasteiger partial charge in [0.25, 0.3) is 0 Å². The molecule has 0 atom stereocenters. The molecule has 0 aliphatic rings. The smallest absolute Gasteiger partial charge is 0.496 e. The number of rotatable bonds is 5. The highest BCUT2D eigenvalue weighted by atomic mass is 19.4. The summed E-state index contributed by atoms with van der Waals surface area (Å²) in [5.41, 5.74) is 1.53. The zero-order valence-corrected chi connectivity index (χ0v) is 13.6. The number of hydrogen-bond acceptors (Lipinski definition) is 3. The normalized spacial score (nSPS) is 11.5. The van der Waals surface area contributed by atoms with Gasteiger partial charge in [0.1, 0.15) is 11.5 Å². The number of halogens is 3.